The highest BCUT2D eigenvalue weighted by atomic mass is 15.1. The number of hydrogen-bond acceptors (Lipinski definition) is 5. The summed E-state index contributed by atoms with van der Waals surface area (Å²) in [6.07, 6.45) is 11.3. The molecule has 37 heavy (non-hydrogen) atoms. The zero-order valence-electron chi connectivity index (χ0n) is 20.9. The second-order valence-electron chi connectivity index (χ2n) is 10.4. The van der Waals surface area contributed by atoms with E-state index >= 15 is 0 Å². The van der Waals surface area contributed by atoms with Crippen LogP contribution in [0.4, 0.5) is 11.4 Å². The number of fused-ring (bicyclic) bond motifs is 2. The molecule has 1 saturated heterocycles. The van der Waals surface area contributed by atoms with Crippen LogP contribution in [0.25, 0.3) is 44.6 Å². The highest BCUT2D eigenvalue weighted by Gasteiger charge is 2.21. The van der Waals surface area contributed by atoms with Crippen molar-refractivity contribution in [3.63, 3.8) is 0 Å². The van der Waals surface area contributed by atoms with Gasteiger partial charge >= 0.3 is 0 Å². The number of aromatic nitrogens is 5. The molecule has 5 aromatic rings. The molecular formula is C30H31N7. The zero-order valence-corrected chi connectivity index (χ0v) is 20.9. The maximum atomic E-state index is 5.03. The van der Waals surface area contributed by atoms with E-state index in [9.17, 15) is 0 Å². The first-order valence-corrected chi connectivity index (χ1v) is 13.4. The van der Waals surface area contributed by atoms with Crippen molar-refractivity contribution in [2.24, 2.45) is 5.92 Å². The first-order chi connectivity index (χ1) is 18.2. The van der Waals surface area contributed by atoms with Crippen molar-refractivity contribution in [1.82, 2.24) is 25.1 Å². The monoisotopic (exact) mass is 489 g/mol. The lowest BCUT2D eigenvalue weighted by atomic mass is 9.83. The van der Waals surface area contributed by atoms with E-state index in [0.29, 0.717) is 5.92 Å². The highest BCUT2D eigenvalue weighted by Crippen LogP contribution is 2.35. The summed E-state index contributed by atoms with van der Waals surface area (Å²) < 4.78 is 0. The molecule has 7 rings (SSSR count). The first-order valence-electron chi connectivity index (χ1n) is 13.4. The Morgan fingerprint density at radius 3 is 2.70 bits per heavy atom. The topological polar surface area (TPSA) is 85.5 Å². The lowest BCUT2D eigenvalue weighted by Crippen LogP contribution is -2.29. The van der Waals surface area contributed by atoms with Crippen LogP contribution in [0.1, 0.15) is 38.5 Å². The van der Waals surface area contributed by atoms with E-state index in [1.165, 1.54) is 49.6 Å². The van der Waals surface area contributed by atoms with Crippen LogP contribution in [0.15, 0.2) is 67.1 Å². The second kappa shape index (κ2) is 9.07. The van der Waals surface area contributed by atoms with Gasteiger partial charge < -0.3 is 15.2 Å². The number of aromatic amines is 2. The summed E-state index contributed by atoms with van der Waals surface area (Å²) in [4.78, 5) is 15.6. The van der Waals surface area contributed by atoms with Crippen LogP contribution in [0.2, 0.25) is 0 Å². The predicted molar refractivity (Wildman–Crippen MR) is 151 cm³/mol. The largest absolute Gasteiger partial charge is 0.371 e. The SMILES string of the molecule is C=C(Nc1cncc(-c2ccc3[nH]nc(-c4cc5c(N6CCCCC6)cccc5[nH]4)c3n2)c1)C1CCC1. The fraction of sp³-hybridized carbons (Fsp3) is 0.300. The Bertz CT molecular complexity index is 1600. The standard InChI is InChI=1S/C30H31N7/c1-19(20-7-5-8-20)32-22-15-21(17-31-18-22)24-11-12-26-29(34-24)30(36-35-26)27-16-23-25(33-27)9-6-10-28(23)37-13-3-2-4-14-37/h6,9-12,15-18,20,32-33H,1-5,7-8,13-14H2,(H,35,36). The van der Waals surface area contributed by atoms with Crippen molar-refractivity contribution in [3.05, 3.63) is 67.1 Å². The molecule has 7 heteroatoms. The van der Waals surface area contributed by atoms with Crippen LogP contribution in [-0.4, -0.2) is 38.2 Å². The van der Waals surface area contributed by atoms with Gasteiger partial charge in [0, 0.05) is 47.1 Å². The highest BCUT2D eigenvalue weighted by molar-refractivity contribution is 5.99. The van der Waals surface area contributed by atoms with Crippen LogP contribution in [0.5, 0.6) is 0 Å². The third-order valence-corrected chi connectivity index (χ3v) is 7.94. The summed E-state index contributed by atoms with van der Waals surface area (Å²) in [6, 6.07) is 14.9. The minimum Gasteiger partial charge on any atom is -0.371 e. The van der Waals surface area contributed by atoms with E-state index in [2.05, 4.69) is 67.3 Å². The van der Waals surface area contributed by atoms with Gasteiger partial charge in [0.25, 0.3) is 0 Å². The molecule has 1 aliphatic carbocycles. The Balaban J connectivity index is 1.23. The average molecular weight is 490 g/mol. The number of pyridine rings is 2. The molecule has 3 N–H and O–H groups in total. The van der Waals surface area contributed by atoms with Gasteiger partial charge in [0.15, 0.2) is 0 Å². The number of hydrogen-bond donors (Lipinski definition) is 3. The van der Waals surface area contributed by atoms with Gasteiger partial charge in [-0.05, 0) is 74.4 Å². The average Bonchev–Trinajstić information content (AvgIpc) is 3.52. The van der Waals surface area contributed by atoms with Gasteiger partial charge in [0.05, 0.1) is 28.8 Å². The predicted octanol–water partition coefficient (Wildman–Crippen LogP) is 6.88. The molecule has 4 aromatic heterocycles. The van der Waals surface area contributed by atoms with E-state index in [1.807, 2.05) is 24.5 Å². The molecule has 7 nitrogen and oxygen atoms in total. The Hall–Kier alpha value is -4.13. The maximum Gasteiger partial charge on any atom is 0.135 e. The third kappa shape index (κ3) is 4.04. The summed E-state index contributed by atoms with van der Waals surface area (Å²) in [7, 11) is 0. The number of piperidine rings is 1. The molecular weight excluding hydrogens is 458 g/mol. The molecule has 1 aliphatic heterocycles. The Labute approximate surface area is 216 Å². The first kappa shape index (κ1) is 22.1. The van der Waals surface area contributed by atoms with Gasteiger partial charge in [-0.15, -0.1) is 0 Å². The van der Waals surface area contributed by atoms with Crippen molar-refractivity contribution < 1.29 is 0 Å². The van der Waals surface area contributed by atoms with Crippen molar-refractivity contribution in [2.75, 3.05) is 23.3 Å². The number of rotatable bonds is 6. The van der Waals surface area contributed by atoms with Crippen LogP contribution < -0.4 is 10.2 Å². The van der Waals surface area contributed by atoms with Crippen molar-refractivity contribution in [2.45, 2.75) is 38.5 Å². The Morgan fingerprint density at radius 1 is 0.973 bits per heavy atom. The van der Waals surface area contributed by atoms with Crippen LogP contribution in [-0.2, 0) is 0 Å². The van der Waals surface area contributed by atoms with E-state index in [1.54, 1.807) is 0 Å². The minimum atomic E-state index is 0.568. The lowest BCUT2D eigenvalue weighted by Gasteiger charge is -2.29. The minimum absolute atomic E-state index is 0.568. The van der Waals surface area contributed by atoms with E-state index in [-0.39, 0.29) is 0 Å². The molecule has 1 aromatic carbocycles. The molecule has 0 atom stereocenters. The normalized spacial score (nSPS) is 16.3. The number of anilines is 2. The number of nitrogens with zero attached hydrogens (tertiary/aromatic N) is 4. The number of benzene rings is 1. The van der Waals surface area contributed by atoms with Crippen LogP contribution in [0.3, 0.4) is 0 Å². The van der Waals surface area contributed by atoms with E-state index in [4.69, 9.17) is 4.98 Å². The van der Waals surface area contributed by atoms with Gasteiger partial charge in [-0.2, -0.15) is 5.10 Å². The Kier molecular flexibility index (Phi) is 5.42. The third-order valence-electron chi connectivity index (χ3n) is 7.94. The molecule has 186 valence electrons. The zero-order chi connectivity index (χ0) is 24.8. The number of H-pyrrole nitrogens is 2. The van der Waals surface area contributed by atoms with Gasteiger partial charge in [-0.1, -0.05) is 19.1 Å². The summed E-state index contributed by atoms with van der Waals surface area (Å²) >= 11 is 0. The quantitative estimate of drug-likeness (QED) is 0.242. The van der Waals surface area contributed by atoms with E-state index in [0.717, 1.165) is 63.7 Å². The van der Waals surface area contributed by atoms with Crippen molar-refractivity contribution >= 4 is 33.3 Å². The molecule has 2 fully saturated rings. The molecule has 5 heterocycles. The Morgan fingerprint density at radius 2 is 1.86 bits per heavy atom. The summed E-state index contributed by atoms with van der Waals surface area (Å²) in [5, 5.41) is 12.5. The molecule has 0 bridgehead atoms. The molecule has 1 saturated carbocycles. The molecule has 0 spiro atoms. The molecule has 0 unspecified atom stereocenters. The van der Waals surface area contributed by atoms with Gasteiger partial charge in [0.1, 0.15) is 11.2 Å². The molecule has 0 radical (unpaired) electrons. The van der Waals surface area contributed by atoms with Crippen LogP contribution in [0, 0.1) is 5.92 Å². The number of allylic oxidation sites excluding steroid dienone is 1. The second-order valence-corrected chi connectivity index (χ2v) is 10.4. The fourth-order valence-electron chi connectivity index (χ4n) is 5.62. The van der Waals surface area contributed by atoms with Gasteiger partial charge in [-0.25, -0.2) is 4.98 Å². The molecule has 2 aliphatic rings. The summed E-state index contributed by atoms with van der Waals surface area (Å²) in [6.45, 7) is 6.47. The van der Waals surface area contributed by atoms with Crippen molar-refractivity contribution in [1.29, 1.82) is 0 Å². The summed E-state index contributed by atoms with van der Waals surface area (Å²) in [5.41, 5.74) is 9.84. The molecule has 0 amide bonds. The van der Waals surface area contributed by atoms with Crippen molar-refractivity contribution in [3.8, 4) is 22.6 Å². The van der Waals surface area contributed by atoms with Crippen LogP contribution >= 0.6 is 0 Å². The maximum absolute atomic E-state index is 5.03. The van der Waals surface area contributed by atoms with Gasteiger partial charge in [0.2, 0.25) is 0 Å². The smallest absolute Gasteiger partial charge is 0.135 e. The van der Waals surface area contributed by atoms with E-state index < -0.39 is 0 Å². The van der Waals surface area contributed by atoms with Gasteiger partial charge in [-0.3, -0.25) is 10.1 Å². The lowest BCUT2D eigenvalue weighted by molar-refractivity contribution is 0.371. The number of nitrogens with one attached hydrogen (secondary N) is 3. The fourth-order valence-corrected chi connectivity index (χ4v) is 5.62. The summed E-state index contributed by atoms with van der Waals surface area (Å²) in [5.74, 6) is 0.568.